The average Bonchev–Trinajstić information content (AvgIpc) is 2.50. The largest absolute Gasteiger partial charge is 0.462 e. The summed E-state index contributed by atoms with van der Waals surface area (Å²) in [6.07, 6.45) is 6.06. The molecule has 5 heteroatoms. The Hall–Kier alpha value is -1.72. The fraction of sp³-hybridized carbons (Fsp3) is 0.556. The van der Waals surface area contributed by atoms with Crippen molar-refractivity contribution < 1.29 is 23.8 Å². The Balaban J connectivity index is 2.43. The van der Waals surface area contributed by atoms with Gasteiger partial charge in [-0.1, -0.05) is 24.3 Å². The molecule has 1 aliphatic heterocycles. The van der Waals surface area contributed by atoms with Crippen molar-refractivity contribution in [1.82, 2.24) is 0 Å². The van der Waals surface area contributed by atoms with Crippen LogP contribution >= 0.6 is 0 Å². The number of ketones is 1. The molecule has 0 aromatic heterocycles. The molecular formula is C18H26O5. The molecular weight excluding hydrogens is 296 g/mol. The molecule has 23 heavy (non-hydrogen) atoms. The number of ether oxygens (including phenoxy) is 3. The molecule has 0 saturated heterocycles. The maximum Gasteiger partial charge on any atom is 0.311 e. The van der Waals surface area contributed by atoms with Crippen LogP contribution in [0.15, 0.2) is 36.5 Å². The van der Waals surface area contributed by atoms with Gasteiger partial charge in [-0.25, -0.2) is 0 Å². The lowest BCUT2D eigenvalue weighted by atomic mass is 9.97. The molecule has 0 aliphatic carbocycles. The van der Waals surface area contributed by atoms with E-state index in [0.717, 1.165) is 12.0 Å². The summed E-state index contributed by atoms with van der Waals surface area (Å²) >= 11 is 0. The molecule has 0 fully saturated rings. The van der Waals surface area contributed by atoms with E-state index in [1.54, 1.807) is 32.9 Å². The van der Waals surface area contributed by atoms with Crippen LogP contribution < -0.4 is 0 Å². The molecule has 2 atom stereocenters. The highest BCUT2D eigenvalue weighted by Crippen LogP contribution is 2.17. The van der Waals surface area contributed by atoms with E-state index in [4.69, 9.17) is 14.2 Å². The van der Waals surface area contributed by atoms with Crippen molar-refractivity contribution in [2.24, 2.45) is 5.41 Å². The molecule has 0 aromatic rings. The minimum absolute atomic E-state index is 0.103. The van der Waals surface area contributed by atoms with E-state index in [0.29, 0.717) is 6.61 Å². The van der Waals surface area contributed by atoms with Gasteiger partial charge < -0.3 is 14.2 Å². The summed E-state index contributed by atoms with van der Waals surface area (Å²) in [5.74, 6) is -0.597. The zero-order valence-electron chi connectivity index (χ0n) is 14.3. The van der Waals surface area contributed by atoms with Gasteiger partial charge in [-0.3, -0.25) is 9.59 Å². The summed E-state index contributed by atoms with van der Waals surface area (Å²) in [5, 5.41) is 0. The standard InChI is InChI=1S/C18H26O5/c1-6-13(2)8-7-11-21-16-10-9-14(19)15(23-16)12-22-17(20)18(3,4)5/h6,8-10,15-16H,1,7,11-12H2,2-5H3/b13-8+/t15-,16+/m1/s1. The first-order chi connectivity index (χ1) is 10.7. The quantitative estimate of drug-likeness (QED) is 0.410. The Morgan fingerprint density at radius 1 is 1.43 bits per heavy atom. The molecule has 128 valence electrons. The van der Waals surface area contributed by atoms with Crippen LogP contribution in [-0.2, 0) is 23.8 Å². The fourth-order valence-corrected chi connectivity index (χ4v) is 1.69. The molecule has 1 rings (SSSR count). The Labute approximate surface area is 138 Å². The molecule has 5 nitrogen and oxygen atoms in total. The maximum atomic E-state index is 11.8. The lowest BCUT2D eigenvalue weighted by Crippen LogP contribution is -2.38. The third-order valence-corrected chi connectivity index (χ3v) is 3.20. The van der Waals surface area contributed by atoms with Gasteiger partial charge in [0.2, 0.25) is 0 Å². The van der Waals surface area contributed by atoms with Crippen molar-refractivity contribution in [1.29, 1.82) is 0 Å². The van der Waals surface area contributed by atoms with E-state index >= 15 is 0 Å². The van der Waals surface area contributed by atoms with Crippen molar-refractivity contribution in [3.8, 4) is 0 Å². The second-order valence-corrected chi connectivity index (χ2v) is 6.41. The smallest absolute Gasteiger partial charge is 0.311 e. The highest BCUT2D eigenvalue weighted by Gasteiger charge is 2.29. The second kappa shape index (κ2) is 8.79. The minimum Gasteiger partial charge on any atom is -0.462 e. The Morgan fingerprint density at radius 3 is 2.74 bits per heavy atom. The Bertz CT molecular complexity index is 496. The van der Waals surface area contributed by atoms with Gasteiger partial charge in [-0.2, -0.15) is 0 Å². The molecule has 0 aromatic carbocycles. The molecule has 1 heterocycles. The van der Waals surface area contributed by atoms with Crippen LogP contribution in [0.2, 0.25) is 0 Å². The van der Waals surface area contributed by atoms with Gasteiger partial charge in [-0.05, 0) is 46.3 Å². The van der Waals surface area contributed by atoms with Crippen LogP contribution in [0, 0.1) is 5.41 Å². The molecule has 0 saturated carbocycles. The van der Waals surface area contributed by atoms with E-state index in [1.165, 1.54) is 6.08 Å². The summed E-state index contributed by atoms with van der Waals surface area (Å²) in [4.78, 5) is 23.5. The highest BCUT2D eigenvalue weighted by atomic mass is 16.7. The average molecular weight is 322 g/mol. The first kappa shape index (κ1) is 19.3. The third-order valence-electron chi connectivity index (χ3n) is 3.20. The zero-order valence-corrected chi connectivity index (χ0v) is 14.3. The summed E-state index contributed by atoms with van der Waals surface area (Å²) in [7, 11) is 0. The fourth-order valence-electron chi connectivity index (χ4n) is 1.69. The number of carbonyl (C=O) groups is 2. The SMILES string of the molecule is C=C/C(C)=C/CCO[C@@H]1C=CC(=O)[C@@H](COC(=O)C(C)(C)C)O1. The lowest BCUT2D eigenvalue weighted by molar-refractivity contribution is -0.179. The molecule has 0 radical (unpaired) electrons. The first-order valence-corrected chi connectivity index (χ1v) is 7.69. The maximum absolute atomic E-state index is 11.8. The van der Waals surface area contributed by atoms with Crippen LogP contribution in [0.5, 0.6) is 0 Å². The van der Waals surface area contributed by atoms with Gasteiger partial charge in [0, 0.05) is 0 Å². The van der Waals surface area contributed by atoms with Crippen LogP contribution in [0.4, 0.5) is 0 Å². The Morgan fingerprint density at radius 2 is 2.13 bits per heavy atom. The predicted octanol–water partition coefficient (Wildman–Crippen LogP) is 2.96. The van der Waals surface area contributed by atoms with E-state index < -0.39 is 17.8 Å². The van der Waals surface area contributed by atoms with Gasteiger partial charge in [0.15, 0.2) is 18.2 Å². The van der Waals surface area contributed by atoms with Gasteiger partial charge in [0.1, 0.15) is 6.61 Å². The number of allylic oxidation sites excluding steroid dienone is 2. The van der Waals surface area contributed by atoms with Gasteiger partial charge in [-0.15, -0.1) is 0 Å². The van der Waals surface area contributed by atoms with E-state index in [-0.39, 0.29) is 18.4 Å². The second-order valence-electron chi connectivity index (χ2n) is 6.41. The highest BCUT2D eigenvalue weighted by molar-refractivity contribution is 5.94. The third kappa shape index (κ3) is 6.93. The van der Waals surface area contributed by atoms with Crippen molar-refractivity contribution in [3.63, 3.8) is 0 Å². The molecule has 0 amide bonds. The summed E-state index contributed by atoms with van der Waals surface area (Å²) in [6, 6.07) is 0. The molecule has 0 bridgehead atoms. The summed E-state index contributed by atoms with van der Waals surface area (Å²) < 4.78 is 16.2. The van der Waals surface area contributed by atoms with E-state index in [2.05, 4.69) is 6.58 Å². The number of esters is 1. The number of carbonyl (C=O) groups excluding carboxylic acids is 2. The van der Waals surface area contributed by atoms with Crippen LogP contribution in [0.1, 0.15) is 34.1 Å². The van der Waals surface area contributed by atoms with Gasteiger partial charge in [0.05, 0.1) is 12.0 Å². The Kier molecular flexibility index (Phi) is 7.39. The molecule has 0 unspecified atom stereocenters. The van der Waals surface area contributed by atoms with Crippen molar-refractivity contribution >= 4 is 11.8 Å². The monoisotopic (exact) mass is 322 g/mol. The van der Waals surface area contributed by atoms with Gasteiger partial charge >= 0.3 is 5.97 Å². The molecule has 0 spiro atoms. The normalized spacial score (nSPS) is 22.1. The van der Waals surface area contributed by atoms with Crippen molar-refractivity contribution in [2.45, 2.75) is 46.5 Å². The number of hydrogen-bond acceptors (Lipinski definition) is 5. The first-order valence-electron chi connectivity index (χ1n) is 7.69. The lowest BCUT2D eigenvalue weighted by Gasteiger charge is -2.25. The summed E-state index contributed by atoms with van der Waals surface area (Å²) in [6.45, 7) is 11.3. The summed E-state index contributed by atoms with van der Waals surface area (Å²) in [5.41, 5.74) is 0.467. The number of hydrogen-bond donors (Lipinski definition) is 0. The van der Waals surface area contributed by atoms with Crippen LogP contribution in [-0.4, -0.2) is 37.4 Å². The predicted molar refractivity (Wildman–Crippen MR) is 87.7 cm³/mol. The molecule has 1 aliphatic rings. The molecule has 0 N–H and O–H groups in total. The minimum atomic E-state index is -0.818. The number of rotatable bonds is 7. The van der Waals surface area contributed by atoms with Crippen molar-refractivity contribution in [3.05, 3.63) is 36.5 Å². The topological polar surface area (TPSA) is 61.8 Å². The van der Waals surface area contributed by atoms with E-state index in [1.807, 2.05) is 13.0 Å². The van der Waals surface area contributed by atoms with Crippen molar-refractivity contribution in [2.75, 3.05) is 13.2 Å². The van der Waals surface area contributed by atoms with Crippen LogP contribution in [0.3, 0.4) is 0 Å². The van der Waals surface area contributed by atoms with E-state index in [9.17, 15) is 9.59 Å². The zero-order chi connectivity index (χ0) is 17.5. The van der Waals surface area contributed by atoms with Crippen LogP contribution in [0.25, 0.3) is 0 Å². The van der Waals surface area contributed by atoms with Gasteiger partial charge in [0.25, 0.3) is 0 Å².